The average Bonchev–Trinajstić information content (AvgIpc) is 2.66. The number of carboxylic acids is 1. The van der Waals surface area contributed by atoms with Gasteiger partial charge >= 0.3 is 5.97 Å². The highest BCUT2D eigenvalue weighted by Gasteiger charge is 2.43. The summed E-state index contributed by atoms with van der Waals surface area (Å²) in [6, 6.07) is 4.56. The molecule has 0 bridgehead atoms. The largest absolute Gasteiger partial charge is 0.478 e. The monoisotopic (exact) mass is 294 g/mol. The molecule has 0 radical (unpaired) electrons. The number of carbonyl (C=O) groups excluding carboxylic acids is 1. The Hall–Kier alpha value is -1.88. The maximum Gasteiger partial charge on any atom is 0.336 e. The van der Waals surface area contributed by atoms with Crippen LogP contribution in [0.15, 0.2) is 23.2 Å². The molecule has 0 aromatic heterocycles. The lowest BCUT2D eigenvalue weighted by atomic mass is 9.89. The molecule has 1 aromatic rings. The second kappa shape index (κ2) is 4.90. The third kappa shape index (κ3) is 2.18. The van der Waals surface area contributed by atoms with Crippen molar-refractivity contribution in [2.45, 2.75) is 26.3 Å². The highest BCUT2D eigenvalue weighted by molar-refractivity contribution is 6.36. The Bertz CT molecular complexity index is 625. The highest BCUT2D eigenvalue weighted by Crippen LogP contribution is 2.30. The number of hydrogen-bond acceptors (Lipinski definition) is 3. The van der Waals surface area contributed by atoms with Crippen LogP contribution >= 0.6 is 11.6 Å². The molecular weight excluding hydrogens is 280 g/mol. The first-order valence-electron chi connectivity index (χ1n) is 6.21. The van der Waals surface area contributed by atoms with Crippen LogP contribution in [0.2, 0.25) is 5.02 Å². The van der Waals surface area contributed by atoms with Crippen molar-refractivity contribution >= 4 is 29.3 Å². The van der Waals surface area contributed by atoms with Crippen molar-refractivity contribution in [2.75, 3.05) is 0 Å². The van der Waals surface area contributed by atoms with Gasteiger partial charge in [-0.25, -0.2) is 4.79 Å². The maximum atomic E-state index is 12.1. The number of aromatic carboxylic acids is 1. The molecule has 20 heavy (non-hydrogen) atoms. The first kappa shape index (κ1) is 14.5. The Labute approximate surface area is 121 Å². The zero-order valence-corrected chi connectivity index (χ0v) is 12.2. The third-order valence-corrected chi connectivity index (χ3v) is 3.96. The molecule has 1 unspecified atom stereocenters. The number of carbonyl (C=O) groups is 2. The molecule has 1 aliphatic heterocycles. The van der Waals surface area contributed by atoms with Crippen molar-refractivity contribution in [3.05, 3.63) is 34.3 Å². The van der Waals surface area contributed by atoms with Gasteiger partial charge < -0.3 is 10.4 Å². The van der Waals surface area contributed by atoms with Gasteiger partial charge in [-0.3, -0.25) is 9.79 Å². The van der Waals surface area contributed by atoms with Gasteiger partial charge in [0.05, 0.1) is 16.1 Å². The van der Waals surface area contributed by atoms with Crippen LogP contribution in [0.25, 0.3) is 0 Å². The van der Waals surface area contributed by atoms with E-state index < -0.39 is 11.5 Å². The molecule has 0 saturated heterocycles. The summed E-state index contributed by atoms with van der Waals surface area (Å²) in [7, 11) is 0. The number of hydrogen-bond donors (Lipinski definition) is 2. The number of rotatable bonds is 3. The van der Waals surface area contributed by atoms with Crippen LogP contribution in [0.3, 0.4) is 0 Å². The number of benzene rings is 1. The minimum Gasteiger partial charge on any atom is -0.478 e. The van der Waals surface area contributed by atoms with E-state index in [9.17, 15) is 14.7 Å². The van der Waals surface area contributed by atoms with Gasteiger partial charge in [0, 0.05) is 0 Å². The molecule has 1 atom stereocenters. The Balaban J connectivity index is 2.60. The highest BCUT2D eigenvalue weighted by atomic mass is 35.5. The van der Waals surface area contributed by atoms with E-state index in [0.717, 1.165) is 0 Å². The Morgan fingerprint density at radius 2 is 2.10 bits per heavy atom. The molecular formula is C14H15ClN2O3. The van der Waals surface area contributed by atoms with E-state index in [1.165, 1.54) is 6.07 Å². The molecule has 2 rings (SSSR count). The molecule has 0 fully saturated rings. The van der Waals surface area contributed by atoms with Crippen molar-refractivity contribution < 1.29 is 14.7 Å². The van der Waals surface area contributed by atoms with E-state index in [2.05, 4.69) is 10.3 Å². The number of nitrogens with zero attached hydrogens (tertiary/aromatic N) is 1. The Kier molecular flexibility index (Phi) is 3.56. The molecule has 6 heteroatoms. The topological polar surface area (TPSA) is 78.8 Å². The summed E-state index contributed by atoms with van der Waals surface area (Å²) in [6.45, 7) is 5.49. The van der Waals surface area contributed by atoms with E-state index >= 15 is 0 Å². The molecule has 1 aliphatic rings. The molecule has 2 N–H and O–H groups in total. The summed E-state index contributed by atoms with van der Waals surface area (Å²) in [4.78, 5) is 27.8. The zero-order chi connectivity index (χ0) is 15.1. The van der Waals surface area contributed by atoms with Gasteiger partial charge in [0.2, 0.25) is 0 Å². The molecule has 0 aliphatic carbocycles. The van der Waals surface area contributed by atoms with Crippen molar-refractivity contribution in [1.82, 2.24) is 5.32 Å². The lowest BCUT2D eigenvalue weighted by molar-refractivity contribution is -0.124. The van der Waals surface area contributed by atoms with Crippen molar-refractivity contribution in [3.8, 4) is 0 Å². The summed E-state index contributed by atoms with van der Waals surface area (Å²) in [5, 5.41) is 12.1. The molecule has 0 saturated carbocycles. The lowest BCUT2D eigenvalue weighted by Gasteiger charge is -2.21. The normalized spacial score (nSPS) is 21.9. The Morgan fingerprint density at radius 1 is 1.45 bits per heavy atom. The smallest absolute Gasteiger partial charge is 0.336 e. The first-order valence-corrected chi connectivity index (χ1v) is 6.58. The van der Waals surface area contributed by atoms with Gasteiger partial charge in [-0.2, -0.15) is 0 Å². The molecule has 1 aromatic carbocycles. The minimum atomic E-state index is -1.11. The van der Waals surface area contributed by atoms with Gasteiger partial charge in [-0.15, -0.1) is 0 Å². The third-order valence-electron chi connectivity index (χ3n) is 3.64. The molecule has 1 amide bonds. The van der Waals surface area contributed by atoms with Gasteiger partial charge in [0.25, 0.3) is 5.91 Å². The second-order valence-electron chi connectivity index (χ2n) is 5.18. The second-order valence-corrected chi connectivity index (χ2v) is 5.59. The van der Waals surface area contributed by atoms with Gasteiger partial charge in [-0.05, 0) is 25.0 Å². The number of nitrogens with one attached hydrogen (secondary N) is 1. The van der Waals surface area contributed by atoms with E-state index in [0.29, 0.717) is 0 Å². The van der Waals surface area contributed by atoms with Gasteiger partial charge in [-0.1, -0.05) is 31.5 Å². The SMILES string of the molecule is CC(C)C1(C)N=C(c2c(Cl)cccc2C(=O)O)NC1=O. The summed E-state index contributed by atoms with van der Waals surface area (Å²) in [5.41, 5.74) is -0.645. The fourth-order valence-corrected chi connectivity index (χ4v) is 2.26. The molecule has 106 valence electrons. The van der Waals surface area contributed by atoms with Crippen molar-refractivity contribution in [2.24, 2.45) is 10.9 Å². The van der Waals surface area contributed by atoms with Crippen LogP contribution < -0.4 is 5.32 Å². The summed E-state index contributed by atoms with van der Waals surface area (Å²) >= 11 is 6.08. The number of aliphatic imine (C=N–C) groups is 1. The fourth-order valence-electron chi connectivity index (χ4n) is 2.00. The predicted octanol–water partition coefficient (Wildman–Crippen LogP) is 2.33. The van der Waals surface area contributed by atoms with Crippen LogP contribution in [0.1, 0.15) is 36.7 Å². The summed E-state index contributed by atoms with van der Waals surface area (Å²) in [6.07, 6.45) is 0. The summed E-state index contributed by atoms with van der Waals surface area (Å²) < 4.78 is 0. The lowest BCUT2D eigenvalue weighted by Crippen LogP contribution is -2.41. The van der Waals surface area contributed by atoms with Crippen LogP contribution in [0, 0.1) is 5.92 Å². The van der Waals surface area contributed by atoms with Crippen LogP contribution in [-0.2, 0) is 4.79 Å². The number of amides is 1. The molecule has 1 heterocycles. The number of halogens is 1. The number of amidine groups is 1. The predicted molar refractivity (Wildman–Crippen MR) is 76.3 cm³/mol. The first-order chi connectivity index (χ1) is 9.27. The zero-order valence-electron chi connectivity index (χ0n) is 11.4. The quantitative estimate of drug-likeness (QED) is 0.898. The number of carboxylic acid groups (broad SMARTS) is 1. The van der Waals surface area contributed by atoms with E-state index in [1.807, 2.05) is 13.8 Å². The van der Waals surface area contributed by atoms with E-state index in [4.69, 9.17) is 11.6 Å². The standard InChI is InChI=1S/C14H15ClN2O3/c1-7(2)14(3)13(20)16-11(17-14)10-8(12(18)19)5-4-6-9(10)15/h4-7H,1-3H3,(H,18,19)(H,16,17,20). The molecule has 5 nitrogen and oxygen atoms in total. The van der Waals surface area contributed by atoms with E-state index in [-0.39, 0.29) is 33.8 Å². The van der Waals surface area contributed by atoms with Crippen LogP contribution in [-0.4, -0.2) is 28.4 Å². The van der Waals surface area contributed by atoms with Crippen LogP contribution in [0.4, 0.5) is 0 Å². The average molecular weight is 295 g/mol. The van der Waals surface area contributed by atoms with Gasteiger partial charge in [0.15, 0.2) is 0 Å². The molecule has 0 spiro atoms. The summed E-state index contributed by atoms with van der Waals surface area (Å²) in [5.74, 6) is -1.17. The fraction of sp³-hybridized carbons (Fsp3) is 0.357. The van der Waals surface area contributed by atoms with Crippen molar-refractivity contribution in [1.29, 1.82) is 0 Å². The van der Waals surface area contributed by atoms with Crippen LogP contribution in [0.5, 0.6) is 0 Å². The minimum absolute atomic E-state index is 0.0178. The Morgan fingerprint density at radius 3 is 2.60 bits per heavy atom. The van der Waals surface area contributed by atoms with Crippen molar-refractivity contribution in [3.63, 3.8) is 0 Å². The van der Waals surface area contributed by atoms with E-state index in [1.54, 1.807) is 19.1 Å². The van der Waals surface area contributed by atoms with Gasteiger partial charge in [0.1, 0.15) is 11.4 Å². The maximum absolute atomic E-state index is 12.1.